The summed E-state index contributed by atoms with van der Waals surface area (Å²) in [5.74, 6) is 7.07. The number of hydrogen-bond acceptors (Lipinski definition) is 1. The number of nitrogens with one attached hydrogen (secondary N) is 2. The smallest absolute Gasteiger partial charge is 0.614 e. The SMILES string of the molecule is [NH-]/N=C(\N)NC1c2ccccc2-c2ccccc21.[Na+]. The van der Waals surface area contributed by atoms with E-state index in [0.717, 1.165) is 0 Å². The van der Waals surface area contributed by atoms with Crippen LogP contribution in [0.4, 0.5) is 0 Å². The van der Waals surface area contributed by atoms with E-state index < -0.39 is 0 Å². The van der Waals surface area contributed by atoms with Crippen molar-refractivity contribution in [3.05, 3.63) is 65.5 Å². The average molecular weight is 260 g/mol. The Hall–Kier alpha value is -1.49. The molecule has 4 nitrogen and oxygen atoms in total. The van der Waals surface area contributed by atoms with E-state index in [0.29, 0.717) is 0 Å². The Balaban J connectivity index is 0.00000133. The molecule has 1 aliphatic carbocycles. The molecule has 0 saturated carbocycles. The van der Waals surface area contributed by atoms with E-state index >= 15 is 0 Å². The Bertz CT molecular complexity index is 579. The first-order valence-electron chi connectivity index (χ1n) is 5.76. The zero-order valence-electron chi connectivity index (χ0n) is 10.7. The summed E-state index contributed by atoms with van der Waals surface area (Å²) in [7, 11) is 0. The van der Waals surface area contributed by atoms with Gasteiger partial charge in [-0.25, -0.2) is 0 Å². The monoisotopic (exact) mass is 260 g/mol. The summed E-state index contributed by atoms with van der Waals surface area (Å²) in [5, 5.41) is 6.31. The third kappa shape index (κ3) is 2.34. The topological polar surface area (TPSA) is 74.2 Å². The van der Waals surface area contributed by atoms with Gasteiger partial charge >= 0.3 is 29.6 Å². The summed E-state index contributed by atoms with van der Waals surface area (Å²) >= 11 is 0. The van der Waals surface area contributed by atoms with E-state index in [-0.39, 0.29) is 41.6 Å². The molecule has 2 aromatic rings. The van der Waals surface area contributed by atoms with E-state index in [9.17, 15) is 0 Å². The molecule has 3 rings (SSSR count). The van der Waals surface area contributed by atoms with Crippen LogP contribution in [-0.2, 0) is 0 Å². The number of rotatable bonds is 1. The molecule has 0 atom stereocenters. The fraction of sp³-hybridized carbons (Fsp3) is 0.0714. The van der Waals surface area contributed by atoms with E-state index in [1.165, 1.54) is 22.3 Å². The van der Waals surface area contributed by atoms with Crippen LogP contribution in [0.1, 0.15) is 17.2 Å². The van der Waals surface area contributed by atoms with Gasteiger partial charge in [0.15, 0.2) is 5.96 Å². The normalized spacial score (nSPS) is 13.4. The van der Waals surface area contributed by atoms with Crippen LogP contribution in [0.15, 0.2) is 53.6 Å². The van der Waals surface area contributed by atoms with Crippen molar-refractivity contribution in [2.75, 3.05) is 0 Å². The number of fused-ring (bicyclic) bond motifs is 3. The minimum atomic E-state index is -0.0218. The van der Waals surface area contributed by atoms with Crippen LogP contribution < -0.4 is 40.6 Å². The van der Waals surface area contributed by atoms with Crippen LogP contribution in [0.5, 0.6) is 0 Å². The van der Waals surface area contributed by atoms with Crippen LogP contribution in [0.3, 0.4) is 0 Å². The van der Waals surface area contributed by atoms with E-state index in [2.05, 4.69) is 34.7 Å². The molecular formula is C14H13N4Na. The van der Waals surface area contributed by atoms with Gasteiger partial charge in [0, 0.05) is 0 Å². The van der Waals surface area contributed by atoms with Crippen molar-refractivity contribution in [1.82, 2.24) is 5.32 Å². The van der Waals surface area contributed by atoms with E-state index in [1.54, 1.807) is 0 Å². The van der Waals surface area contributed by atoms with Crippen molar-refractivity contribution in [2.24, 2.45) is 10.8 Å². The van der Waals surface area contributed by atoms with Gasteiger partial charge in [-0.1, -0.05) is 48.5 Å². The molecule has 0 saturated heterocycles. The first-order chi connectivity index (χ1) is 8.81. The average Bonchev–Trinajstić information content (AvgIpc) is 2.74. The third-order valence-electron chi connectivity index (χ3n) is 3.25. The van der Waals surface area contributed by atoms with Gasteiger partial charge < -0.3 is 22.0 Å². The molecule has 1 aliphatic rings. The Morgan fingerprint density at radius 1 is 1.00 bits per heavy atom. The summed E-state index contributed by atoms with van der Waals surface area (Å²) < 4.78 is 0. The zero-order valence-corrected chi connectivity index (χ0v) is 12.7. The molecule has 0 aromatic heterocycles. The molecule has 5 heteroatoms. The molecule has 0 amide bonds. The first-order valence-corrected chi connectivity index (χ1v) is 5.76. The van der Waals surface area contributed by atoms with Gasteiger partial charge in [0.1, 0.15) is 0 Å². The predicted molar refractivity (Wildman–Crippen MR) is 72.8 cm³/mol. The summed E-state index contributed by atoms with van der Waals surface area (Å²) in [5.41, 5.74) is 10.4. The first kappa shape index (κ1) is 13.9. The van der Waals surface area contributed by atoms with Crippen LogP contribution in [0.25, 0.3) is 17.0 Å². The van der Waals surface area contributed by atoms with Crippen molar-refractivity contribution in [1.29, 1.82) is 0 Å². The number of benzene rings is 2. The van der Waals surface area contributed by atoms with Gasteiger partial charge in [0.05, 0.1) is 6.04 Å². The maximum Gasteiger partial charge on any atom is 1.00 e. The van der Waals surface area contributed by atoms with Gasteiger partial charge in [-0.2, -0.15) is 0 Å². The fourth-order valence-corrected chi connectivity index (χ4v) is 2.49. The molecule has 2 aromatic carbocycles. The van der Waals surface area contributed by atoms with E-state index in [1.807, 2.05) is 24.3 Å². The van der Waals surface area contributed by atoms with Gasteiger partial charge in [-0.3, -0.25) is 0 Å². The Morgan fingerprint density at radius 3 is 1.95 bits per heavy atom. The molecule has 0 spiro atoms. The second-order valence-electron chi connectivity index (χ2n) is 4.25. The fourth-order valence-electron chi connectivity index (χ4n) is 2.49. The van der Waals surface area contributed by atoms with Crippen LogP contribution in [-0.4, -0.2) is 5.96 Å². The van der Waals surface area contributed by atoms with Gasteiger partial charge in [0.25, 0.3) is 0 Å². The number of nitrogens with zero attached hydrogens (tertiary/aromatic N) is 1. The molecular weight excluding hydrogens is 247 g/mol. The summed E-state index contributed by atoms with van der Waals surface area (Å²) in [6.07, 6.45) is 0. The molecule has 0 heterocycles. The van der Waals surface area contributed by atoms with Crippen molar-refractivity contribution in [3.63, 3.8) is 0 Å². The molecule has 0 aliphatic heterocycles. The summed E-state index contributed by atoms with van der Waals surface area (Å²) in [4.78, 5) is 0. The maximum absolute atomic E-state index is 6.94. The van der Waals surface area contributed by atoms with Crippen molar-refractivity contribution in [3.8, 4) is 11.1 Å². The Kier molecular flexibility index (Phi) is 4.14. The van der Waals surface area contributed by atoms with Crippen molar-refractivity contribution < 1.29 is 29.6 Å². The van der Waals surface area contributed by atoms with Gasteiger partial charge in [0.2, 0.25) is 0 Å². The molecule has 19 heavy (non-hydrogen) atoms. The maximum atomic E-state index is 6.94. The largest absolute Gasteiger partial charge is 1.00 e. The van der Waals surface area contributed by atoms with Crippen LogP contribution in [0, 0.1) is 0 Å². The number of guanidine groups is 1. The molecule has 4 N–H and O–H groups in total. The quantitative estimate of drug-likeness (QED) is 0.318. The van der Waals surface area contributed by atoms with E-state index in [4.69, 9.17) is 11.6 Å². The van der Waals surface area contributed by atoms with Crippen LogP contribution in [0.2, 0.25) is 0 Å². The summed E-state index contributed by atoms with van der Waals surface area (Å²) in [6.45, 7) is 0. The zero-order chi connectivity index (χ0) is 12.5. The predicted octanol–water partition coefficient (Wildman–Crippen LogP) is -0.368. The Morgan fingerprint density at radius 2 is 1.47 bits per heavy atom. The number of nitrogens with two attached hydrogens (primary N) is 1. The minimum absolute atomic E-state index is 0. The summed E-state index contributed by atoms with van der Waals surface area (Å²) in [6, 6.07) is 16.4. The third-order valence-corrected chi connectivity index (χ3v) is 3.25. The van der Waals surface area contributed by atoms with Gasteiger partial charge in [-0.05, 0) is 22.3 Å². The van der Waals surface area contributed by atoms with Crippen LogP contribution >= 0.6 is 0 Å². The van der Waals surface area contributed by atoms with Gasteiger partial charge in [-0.15, -0.1) is 0 Å². The Labute approximate surface area is 134 Å². The second kappa shape index (κ2) is 5.65. The number of hydrogen-bond donors (Lipinski definition) is 2. The molecule has 0 unspecified atom stereocenters. The molecule has 90 valence electrons. The van der Waals surface area contributed by atoms with Crippen molar-refractivity contribution in [2.45, 2.75) is 6.04 Å². The molecule has 0 radical (unpaired) electrons. The second-order valence-corrected chi connectivity index (χ2v) is 4.25. The standard InChI is InChI=1S/C14H13N4.Na/c15-14(18-16)17-13-11-7-3-1-5-9(11)10-6-2-4-8-12(10)13;/h1-8,13,16H,(H3,15,17,18);/q-1;+1. The minimum Gasteiger partial charge on any atom is -0.614 e. The molecule has 0 bridgehead atoms. The van der Waals surface area contributed by atoms with Crippen molar-refractivity contribution >= 4 is 5.96 Å². The molecule has 0 fully saturated rings.